The van der Waals surface area contributed by atoms with Crippen LogP contribution >= 0.6 is 0 Å². The third-order valence-corrected chi connectivity index (χ3v) is 3.12. The molecular weight excluding hydrogens is 236 g/mol. The van der Waals surface area contributed by atoms with Crippen LogP contribution in [0.4, 0.5) is 0 Å². The zero-order chi connectivity index (χ0) is 13.7. The molecule has 3 nitrogen and oxygen atoms in total. The molecule has 1 N–H and O–H groups in total. The van der Waals surface area contributed by atoms with E-state index in [4.69, 9.17) is 0 Å². The number of hydrogen-bond acceptors (Lipinski definition) is 2. The molecule has 19 heavy (non-hydrogen) atoms. The summed E-state index contributed by atoms with van der Waals surface area (Å²) in [6.07, 6.45) is 3.87. The van der Waals surface area contributed by atoms with Crippen LogP contribution in [0.2, 0.25) is 0 Å². The van der Waals surface area contributed by atoms with Crippen LogP contribution in [0.1, 0.15) is 37.0 Å². The van der Waals surface area contributed by atoms with Crippen LogP contribution in [0.15, 0.2) is 36.5 Å². The van der Waals surface area contributed by atoms with E-state index in [-0.39, 0.29) is 5.91 Å². The van der Waals surface area contributed by atoms with E-state index in [9.17, 15) is 4.79 Å². The summed E-state index contributed by atoms with van der Waals surface area (Å²) < 4.78 is 0. The third kappa shape index (κ3) is 3.53. The van der Waals surface area contributed by atoms with Crippen molar-refractivity contribution in [1.82, 2.24) is 10.3 Å². The van der Waals surface area contributed by atoms with Gasteiger partial charge in [0, 0.05) is 18.1 Å². The molecular formula is C16H20N2O. The van der Waals surface area contributed by atoms with Crippen molar-refractivity contribution >= 4 is 16.8 Å². The van der Waals surface area contributed by atoms with Crippen molar-refractivity contribution in [1.29, 1.82) is 0 Å². The third-order valence-electron chi connectivity index (χ3n) is 3.12. The number of pyridine rings is 1. The van der Waals surface area contributed by atoms with Crippen molar-refractivity contribution < 1.29 is 4.79 Å². The fourth-order valence-electron chi connectivity index (χ4n) is 2.09. The summed E-state index contributed by atoms with van der Waals surface area (Å²) in [4.78, 5) is 16.5. The normalized spacial score (nSPS) is 10.9. The minimum atomic E-state index is -0.0342. The Balaban J connectivity index is 2.05. The number of nitrogens with one attached hydrogen (secondary N) is 1. The van der Waals surface area contributed by atoms with Gasteiger partial charge in [-0.15, -0.1) is 0 Å². The quantitative estimate of drug-likeness (QED) is 0.833. The van der Waals surface area contributed by atoms with E-state index < -0.39 is 0 Å². The molecule has 0 aliphatic rings. The molecule has 0 atom stereocenters. The molecule has 100 valence electrons. The van der Waals surface area contributed by atoms with Gasteiger partial charge in [-0.2, -0.15) is 0 Å². The molecule has 0 unspecified atom stereocenters. The maximum atomic E-state index is 12.2. The first-order valence-electron chi connectivity index (χ1n) is 6.80. The predicted octanol–water partition coefficient (Wildman–Crippen LogP) is 3.40. The van der Waals surface area contributed by atoms with E-state index >= 15 is 0 Å². The van der Waals surface area contributed by atoms with Crippen molar-refractivity contribution in [2.24, 2.45) is 5.92 Å². The van der Waals surface area contributed by atoms with Gasteiger partial charge < -0.3 is 5.32 Å². The molecule has 3 heteroatoms. The van der Waals surface area contributed by atoms with Gasteiger partial charge in [0.1, 0.15) is 0 Å². The van der Waals surface area contributed by atoms with E-state index in [1.807, 2.05) is 30.3 Å². The monoisotopic (exact) mass is 256 g/mol. The highest BCUT2D eigenvalue weighted by molar-refractivity contribution is 6.05. The Morgan fingerprint density at radius 2 is 2.05 bits per heavy atom. The summed E-state index contributed by atoms with van der Waals surface area (Å²) in [6, 6.07) is 9.54. The second kappa shape index (κ2) is 6.32. The first-order valence-corrected chi connectivity index (χ1v) is 6.80. The SMILES string of the molecule is CC(C)CCCNC(=O)c1cccc2cccnc12. The Bertz CT molecular complexity index is 558. The number of amides is 1. The lowest BCUT2D eigenvalue weighted by Gasteiger charge is -2.08. The van der Waals surface area contributed by atoms with E-state index in [2.05, 4.69) is 24.1 Å². The Morgan fingerprint density at radius 3 is 2.84 bits per heavy atom. The van der Waals surface area contributed by atoms with Crippen LogP contribution in [-0.2, 0) is 0 Å². The largest absolute Gasteiger partial charge is 0.352 e. The number of hydrogen-bond donors (Lipinski definition) is 1. The van der Waals surface area contributed by atoms with Gasteiger partial charge in [-0.3, -0.25) is 9.78 Å². The summed E-state index contributed by atoms with van der Waals surface area (Å²) in [5, 5.41) is 3.97. The van der Waals surface area contributed by atoms with E-state index in [0.717, 1.165) is 30.3 Å². The summed E-state index contributed by atoms with van der Waals surface area (Å²) in [5.74, 6) is 0.643. The Labute approximate surface area is 114 Å². The van der Waals surface area contributed by atoms with Gasteiger partial charge in [0.25, 0.3) is 5.91 Å². The van der Waals surface area contributed by atoms with Crippen LogP contribution in [0.3, 0.4) is 0 Å². The summed E-state index contributed by atoms with van der Waals surface area (Å²) in [7, 11) is 0. The fraction of sp³-hybridized carbons (Fsp3) is 0.375. The van der Waals surface area contributed by atoms with Crippen LogP contribution in [0.25, 0.3) is 10.9 Å². The van der Waals surface area contributed by atoms with Crippen LogP contribution < -0.4 is 5.32 Å². The lowest BCUT2D eigenvalue weighted by molar-refractivity contribution is 0.0954. The highest BCUT2D eigenvalue weighted by Crippen LogP contribution is 2.15. The summed E-state index contributed by atoms with van der Waals surface area (Å²) >= 11 is 0. The number of rotatable bonds is 5. The van der Waals surface area contributed by atoms with Gasteiger partial charge in [-0.05, 0) is 30.9 Å². The maximum Gasteiger partial charge on any atom is 0.253 e. The van der Waals surface area contributed by atoms with E-state index in [1.165, 1.54) is 0 Å². The molecule has 0 spiro atoms. The molecule has 1 heterocycles. The minimum absolute atomic E-state index is 0.0342. The number of para-hydroxylation sites is 1. The average molecular weight is 256 g/mol. The van der Waals surface area contributed by atoms with Crippen molar-refractivity contribution in [3.05, 3.63) is 42.1 Å². The van der Waals surface area contributed by atoms with Crippen LogP contribution in [0, 0.1) is 5.92 Å². The zero-order valence-electron chi connectivity index (χ0n) is 11.5. The lowest BCUT2D eigenvalue weighted by Crippen LogP contribution is -2.25. The number of fused-ring (bicyclic) bond motifs is 1. The first-order chi connectivity index (χ1) is 9.18. The Morgan fingerprint density at radius 1 is 1.26 bits per heavy atom. The topological polar surface area (TPSA) is 42.0 Å². The molecule has 0 bridgehead atoms. The van der Waals surface area contributed by atoms with Gasteiger partial charge in [-0.25, -0.2) is 0 Å². The molecule has 0 aliphatic carbocycles. The van der Waals surface area contributed by atoms with Gasteiger partial charge in [0.2, 0.25) is 0 Å². The molecule has 0 fully saturated rings. The molecule has 0 radical (unpaired) electrons. The fourth-order valence-corrected chi connectivity index (χ4v) is 2.09. The van der Waals surface area contributed by atoms with Gasteiger partial charge >= 0.3 is 0 Å². The Hall–Kier alpha value is -1.90. The second-order valence-corrected chi connectivity index (χ2v) is 5.17. The number of aromatic nitrogens is 1. The highest BCUT2D eigenvalue weighted by Gasteiger charge is 2.09. The predicted molar refractivity (Wildman–Crippen MR) is 78.1 cm³/mol. The molecule has 1 aromatic carbocycles. The average Bonchev–Trinajstić information content (AvgIpc) is 2.42. The lowest BCUT2D eigenvalue weighted by atomic mass is 10.1. The van der Waals surface area contributed by atoms with Gasteiger partial charge in [-0.1, -0.05) is 32.0 Å². The summed E-state index contributed by atoms with van der Waals surface area (Å²) in [5.41, 5.74) is 1.43. The molecule has 1 aromatic heterocycles. The van der Waals surface area contributed by atoms with E-state index in [1.54, 1.807) is 6.20 Å². The van der Waals surface area contributed by atoms with E-state index in [0.29, 0.717) is 11.5 Å². The second-order valence-electron chi connectivity index (χ2n) is 5.17. The molecule has 2 aromatic rings. The van der Waals surface area contributed by atoms with Gasteiger partial charge in [0.15, 0.2) is 0 Å². The van der Waals surface area contributed by atoms with Crippen molar-refractivity contribution in [3.8, 4) is 0 Å². The van der Waals surface area contributed by atoms with Crippen molar-refractivity contribution in [3.63, 3.8) is 0 Å². The van der Waals surface area contributed by atoms with Crippen LogP contribution in [0.5, 0.6) is 0 Å². The molecule has 0 aliphatic heterocycles. The highest BCUT2D eigenvalue weighted by atomic mass is 16.1. The molecule has 0 saturated heterocycles. The van der Waals surface area contributed by atoms with Crippen molar-refractivity contribution in [2.45, 2.75) is 26.7 Å². The van der Waals surface area contributed by atoms with Gasteiger partial charge in [0.05, 0.1) is 11.1 Å². The number of nitrogens with zero attached hydrogens (tertiary/aromatic N) is 1. The molecule has 1 amide bonds. The maximum absolute atomic E-state index is 12.2. The van der Waals surface area contributed by atoms with Crippen LogP contribution in [-0.4, -0.2) is 17.4 Å². The standard InChI is InChI=1S/C16H20N2O/c1-12(2)6-4-11-18-16(19)14-9-3-7-13-8-5-10-17-15(13)14/h3,5,7-10,12H,4,6,11H2,1-2H3,(H,18,19). The number of carbonyl (C=O) groups excluding carboxylic acids is 1. The minimum Gasteiger partial charge on any atom is -0.352 e. The summed E-state index contributed by atoms with van der Waals surface area (Å²) in [6.45, 7) is 5.10. The van der Waals surface area contributed by atoms with Crippen molar-refractivity contribution in [2.75, 3.05) is 6.54 Å². The number of benzene rings is 1. The molecule has 2 rings (SSSR count). The molecule has 0 saturated carbocycles. The zero-order valence-corrected chi connectivity index (χ0v) is 11.5. The first kappa shape index (κ1) is 13.5. The smallest absolute Gasteiger partial charge is 0.253 e. The number of carbonyl (C=O) groups is 1. The Kier molecular flexibility index (Phi) is 4.50.